The van der Waals surface area contributed by atoms with Gasteiger partial charge in [-0.25, -0.2) is 22.7 Å². The smallest absolute Gasteiger partial charge is 0.331 e. The average molecular weight is 412 g/mol. The van der Waals surface area contributed by atoms with E-state index in [9.17, 15) is 22.8 Å². The van der Waals surface area contributed by atoms with Gasteiger partial charge in [0.25, 0.3) is 5.91 Å². The van der Waals surface area contributed by atoms with E-state index in [1.807, 2.05) is 0 Å². The first kappa shape index (κ1) is 23.3. The second-order valence-electron chi connectivity index (χ2n) is 5.95. The second-order valence-corrected chi connectivity index (χ2v) is 7.67. The van der Waals surface area contributed by atoms with Gasteiger partial charge in [-0.1, -0.05) is 0 Å². The van der Waals surface area contributed by atoms with Crippen molar-refractivity contribution in [3.05, 3.63) is 36.4 Å². The van der Waals surface area contributed by atoms with E-state index in [-0.39, 0.29) is 17.5 Å². The van der Waals surface area contributed by atoms with Gasteiger partial charge in [0.1, 0.15) is 0 Å². The Bertz CT molecular complexity index is 830. The third-order valence-corrected chi connectivity index (χ3v) is 4.80. The van der Waals surface area contributed by atoms with Crippen molar-refractivity contribution >= 4 is 33.6 Å². The first-order valence-corrected chi connectivity index (χ1v) is 10.0. The number of sulfonamides is 1. The van der Waals surface area contributed by atoms with Gasteiger partial charge in [-0.3, -0.25) is 4.79 Å². The number of hydrogen-bond donors (Lipinski definition) is 2. The van der Waals surface area contributed by atoms with E-state index in [1.165, 1.54) is 31.2 Å². The number of amides is 1. The van der Waals surface area contributed by atoms with Crippen molar-refractivity contribution in [3.63, 3.8) is 0 Å². The molecule has 0 aliphatic carbocycles. The molecule has 9 nitrogen and oxygen atoms in total. The Morgan fingerprint density at radius 1 is 1.04 bits per heavy atom. The fourth-order valence-corrected chi connectivity index (χ4v) is 3.18. The number of anilines is 1. The predicted molar refractivity (Wildman–Crippen MR) is 102 cm³/mol. The molecule has 154 valence electrons. The average Bonchev–Trinajstić information content (AvgIpc) is 2.59. The molecule has 0 saturated heterocycles. The number of rotatable bonds is 9. The summed E-state index contributed by atoms with van der Waals surface area (Å²) in [5.41, 5.74) is 0.332. The Kier molecular flexibility index (Phi) is 8.80. The highest BCUT2D eigenvalue weighted by molar-refractivity contribution is 7.89. The van der Waals surface area contributed by atoms with Crippen molar-refractivity contribution in [2.24, 2.45) is 0 Å². The third-order valence-electron chi connectivity index (χ3n) is 3.13. The standard InChI is InChI=1S/C18H24N2O7S/c1-5-26-16(21)10-11-17(22)27-13(4)18(23)19-14-6-8-15(9-7-14)28(24,25)20-12(2)3/h6-13,20H,5H2,1-4H3,(H,19,23)/b11-10+. The van der Waals surface area contributed by atoms with Gasteiger partial charge in [-0.05, 0) is 52.0 Å². The van der Waals surface area contributed by atoms with Crippen LogP contribution >= 0.6 is 0 Å². The second kappa shape index (κ2) is 10.6. The summed E-state index contributed by atoms with van der Waals surface area (Å²) in [5, 5.41) is 2.50. The molecule has 1 unspecified atom stereocenters. The lowest BCUT2D eigenvalue weighted by Crippen LogP contribution is -2.30. The molecule has 0 spiro atoms. The highest BCUT2D eigenvalue weighted by Crippen LogP contribution is 2.15. The van der Waals surface area contributed by atoms with Gasteiger partial charge in [0, 0.05) is 23.9 Å². The maximum atomic E-state index is 12.1. The molecule has 1 aromatic carbocycles. The van der Waals surface area contributed by atoms with Crippen LogP contribution in [-0.2, 0) is 33.9 Å². The Morgan fingerprint density at radius 3 is 2.14 bits per heavy atom. The molecule has 1 atom stereocenters. The van der Waals surface area contributed by atoms with Crippen molar-refractivity contribution in [1.29, 1.82) is 0 Å². The van der Waals surface area contributed by atoms with E-state index in [0.29, 0.717) is 5.69 Å². The van der Waals surface area contributed by atoms with E-state index in [1.54, 1.807) is 20.8 Å². The Balaban J connectivity index is 2.65. The number of nitrogens with one attached hydrogen (secondary N) is 2. The maximum Gasteiger partial charge on any atom is 0.331 e. The molecule has 0 radical (unpaired) electrons. The van der Waals surface area contributed by atoms with Crippen LogP contribution in [0.2, 0.25) is 0 Å². The third kappa shape index (κ3) is 7.89. The van der Waals surface area contributed by atoms with Crippen LogP contribution in [0.4, 0.5) is 5.69 Å². The van der Waals surface area contributed by atoms with Crippen molar-refractivity contribution in [2.45, 2.75) is 44.7 Å². The van der Waals surface area contributed by atoms with Gasteiger partial charge >= 0.3 is 11.9 Å². The van der Waals surface area contributed by atoms with Crippen LogP contribution in [0.15, 0.2) is 41.3 Å². The van der Waals surface area contributed by atoms with Gasteiger partial charge < -0.3 is 14.8 Å². The lowest BCUT2D eigenvalue weighted by Gasteiger charge is -2.13. The first-order valence-electron chi connectivity index (χ1n) is 8.54. The molecule has 1 rings (SSSR count). The van der Waals surface area contributed by atoms with Crippen LogP contribution in [0, 0.1) is 0 Å². The Morgan fingerprint density at radius 2 is 1.61 bits per heavy atom. The first-order chi connectivity index (χ1) is 13.0. The number of ether oxygens (including phenoxy) is 2. The minimum Gasteiger partial charge on any atom is -0.463 e. The van der Waals surface area contributed by atoms with Crippen molar-refractivity contribution < 1.29 is 32.3 Å². The predicted octanol–water partition coefficient (Wildman–Crippen LogP) is 1.36. The number of carbonyl (C=O) groups excluding carboxylic acids is 3. The number of esters is 2. The maximum absolute atomic E-state index is 12.1. The summed E-state index contributed by atoms with van der Waals surface area (Å²) >= 11 is 0. The highest BCUT2D eigenvalue weighted by Gasteiger charge is 2.18. The molecular formula is C18H24N2O7S. The lowest BCUT2D eigenvalue weighted by atomic mass is 10.3. The number of carbonyl (C=O) groups is 3. The molecule has 2 N–H and O–H groups in total. The zero-order chi connectivity index (χ0) is 21.3. The Hall–Kier alpha value is -2.72. The molecule has 28 heavy (non-hydrogen) atoms. The summed E-state index contributed by atoms with van der Waals surface area (Å²) in [6.45, 7) is 6.56. The zero-order valence-electron chi connectivity index (χ0n) is 16.1. The molecule has 0 saturated carbocycles. The summed E-state index contributed by atoms with van der Waals surface area (Å²) in [6, 6.07) is 5.28. The summed E-state index contributed by atoms with van der Waals surface area (Å²) in [6.07, 6.45) is 0.634. The van der Waals surface area contributed by atoms with Gasteiger partial charge in [0.2, 0.25) is 10.0 Å². The van der Waals surface area contributed by atoms with Crippen molar-refractivity contribution in [2.75, 3.05) is 11.9 Å². The van der Waals surface area contributed by atoms with Gasteiger partial charge in [-0.15, -0.1) is 0 Å². The van der Waals surface area contributed by atoms with E-state index >= 15 is 0 Å². The zero-order valence-corrected chi connectivity index (χ0v) is 16.9. The van der Waals surface area contributed by atoms with Crippen LogP contribution < -0.4 is 10.0 Å². The molecule has 1 aromatic rings. The highest BCUT2D eigenvalue weighted by atomic mass is 32.2. The molecule has 0 heterocycles. The topological polar surface area (TPSA) is 128 Å². The molecule has 0 aliphatic rings. The van der Waals surface area contributed by atoms with E-state index in [4.69, 9.17) is 4.74 Å². The van der Waals surface area contributed by atoms with E-state index < -0.39 is 34.0 Å². The molecule has 0 fully saturated rings. The van der Waals surface area contributed by atoms with Gasteiger partial charge in [0.05, 0.1) is 11.5 Å². The minimum absolute atomic E-state index is 0.0581. The molecule has 1 amide bonds. The van der Waals surface area contributed by atoms with Gasteiger partial charge in [0.15, 0.2) is 6.10 Å². The summed E-state index contributed by atoms with van der Waals surface area (Å²) in [7, 11) is -3.63. The van der Waals surface area contributed by atoms with E-state index in [0.717, 1.165) is 12.2 Å². The van der Waals surface area contributed by atoms with Crippen LogP contribution in [0.3, 0.4) is 0 Å². The SMILES string of the molecule is CCOC(=O)/C=C/C(=O)OC(C)C(=O)Nc1ccc(S(=O)(=O)NC(C)C)cc1. The fourth-order valence-electron chi connectivity index (χ4n) is 1.93. The van der Waals surface area contributed by atoms with Crippen molar-refractivity contribution in [1.82, 2.24) is 4.72 Å². The number of hydrogen-bond acceptors (Lipinski definition) is 7. The lowest BCUT2D eigenvalue weighted by molar-refractivity contribution is -0.148. The van der Waals surface area contributed by atoms with Crippen molar-refractivity contribution in [3.8, 4) is 0 Å². The quantitative estimate of drug-likeness (QED) is 0.463. The summed E-state index contributed by atoms with van der Waals surface area (Å²) in [4.78, 5) is 34.9. The van der Waals surface area contributed by atoms with E-state index in [2.05, 4.69) is 14.8 Å². The largest absolute Gasteiger partial charge is 0.463 e. The summed E-state index contributed by atoms with van der Waals surface area (Å²) in [5.74, 6) is -2.19. The normalized spacial score (nSPS) is 12.6. The summed E-state index contributed by atoms with van der Waals surface area (Å²) < 4.78 is 36.1. The Labute approximate surface area is 164 Å². The molecule has 0 aliphatic heterocycles. The van der Waals surface area contributed by atoms with Crippen LogP contribution in [0.25, 0.3) is 0 Å². The minimum atomic E-state index is -3.63. The number of benzene rings is 1. The van der Waals surface area contributed by atoms with Crippen LogP contribution in [0.5, 0.6) is 0 Å². The molecule has 0 bridgehead atoms. The van der Waals surface area contributed by atoms with Crippen LogP contribution in [0.1, 0.15) is 27.7 Å². The molecular weight excluding hydrogens is 388 g/mol. The van der Waals surface area contributed by atoms with Gasteiger partial charge in [-0.2, -0.15) is 0 Å². The van der Waals surface area contributed by atoms with Crippen LogP contribution in [-0.4, -0.2) is 45.0 Å². The molecule has 10 heteroatoms. The fraction of sp³-hybridized carbons (Fsp3) is 0.389. The molecule has 0 aromatic heterocycles. The monoisotopic (exact) mass is 412 g/mol.